The highest BCUT2D eigenvalue weighted by atomic mass is 35.5. The molecule has 0 saturated carbocycles. The third kappa shape index (κ3) is 4.01. The Hall–Kier alpha value is -1.47. The third-order valence-corrected chi connectivity index (χ3v) is 4.57. The molecule has 0 aliphatic heterocycles. The molecule has 0 saturated heterocycles. The first kappa shape index (κ1) is 15.9. The fourth-order valence-corrected chi connectivity index (χ4v) is 2.91. The van der Waals surface area contributed by atoms with Crippen molar-refractivity contribution in [1.82, 2.24) is 4.72 Å². The average molecular weight is 330 g/mol. The molecule has 0 radical (unpaired) electrons. The molecule has 0 spiro atoms. The van der Waals surface area contributed by atoms with Crippen LogP contribution in [0.4, 0.5) is 4.39 Å². The van der Waals surface area contributed by atoms with E-state index in [0.717, 1.165) is 0 Å². The van der Waals surface area contributed by atoms with Crippen LogP contribution in [0.15, 0.2) is 47.4 Å². The summed E-state index contributed by atoms with van der Waals surface area (Å²) in [5.41, 5.74) is 1.18. The van der Waals surface area contributed by atoms with Crippen molar-refractivity contribution in [2.24, 2.45) is 0 Å². The highest BCUT2D eigenvalue weighted by molar-refractivity contribution is 7.89. The van der Waals surface area contributed by atoms with Crippen molar-refractivity contribution in [1.29, 1.82) is 0 Å². The van der Waals surface area contributed by atoms with Crippen LogP contribution in [0.3, 0.4) is 0 Å². The van der Waals surface area contributed by atoms with Gasteiger partial charge in [0.2, 0.25) is 10.0 Å². The van der Waals surface area contributed by atoms with Gasteiger partial charge >= 0.3 is 0 Å². The molecular weight excluding hydrogens is 317 g/mol. The molecule has 0 aromatic heterocycles. The van der Waals surface area contributed by atoms with E-state index in [1.54, 1.807) is 0 Å². The molecule has 0 heterocycles. The molecule has 0 fully saturated rings. The standard InChI is InChI=1S/C14H13ClFNO3S/c15-13-7-11(3-6-14(13)16)8-17-21(19,20)12-4-1-10(9-18)2-5-12/h1-7,17-18H,8-9H2. The van der Waals surface area contributed by atoms with E-state index in [0.29, 0.717) is 11.1 Å². The smallest absolute Gasteiger partial charge is 0.240 e. The van der Waals surface area contributed by atoms with Crippen LogP contribution in [0.2, 0.25) is 5.02 Å². The van der Waals surface area contributed by atoms with Gasteiger partial charge in [-0.3, -0.25) is 0 Å². The van der Waals surface area contributed by atoms with Gasteiger partial charge in [-0.05, 0) is 35.4 Å². The Bertz CT molecular complexity index is 732. The van der Waals surface area contributed by atoms with Crippen molar-refractivity contribution in [3.63, 3.8) is 0 Å². The molecule has 0 atom stereocenters. The van der Waals surface area contributed by atoms with Gasteiger partial charge in [-0.25, -0.2) is 17.5 Å². The van der Waals surface area contributed by atoms with Gasteiger partial charge in [-0.1, -0.05) is 29.8 Å². The van der Waals surface area contributed by atoms with E-state index in [-0.39, 0.29) is 23.1 Å². The molecule has 0 aliphatic rings. The number of halogens is 2. The summed E-state index contributed by atoms with van der Waals surface area (Å²) in [6.45, 7) is -0.147. The monoisotopic (exact) mass is 329 g/mol. The Balaban J connectivity index is 2.11. The fraction of sp³-hybridized carbons (Fsp3) is 0.143. The summed E-state index contributed by atoms with van der Waals surface area (Å²) in [6, 6.07) is 9.89. The number of aliphatic hydroxyl groups excluding tert-OH is 1. The molecule has 2 N–H and O–H groups in total. The predicted molar refractivity (Wildman–Crippen MR) is 77.8 cm³/mol. The Kier molecular flexibility index (Phi) is 4.95. The summed E-state index contributed by atoms with van der Waals surface area (Å²) in [5, 5.41) is 8.87. The molecule has 0 unspecified atom stereocenters. The SMILES string of the molecule is O=S(=O)(NCc1ccc(F)c(Cl)c1)c1ccc(CO)cc1. The van der Waals surface area contributed by atoms with Crippen molar-refractivity contribution in [3.8, 4) is 0 Å². The Labute approximate surface area is 127 Å². The van der Waals surface area contributed by atoms with Gasteiger partial charge in [0.05, 0.1) is 16.5 Å². The molecule has 21 heavy (non-hydrogen) atoms. The van der Waals surface area contributed by atoms with Crippen LogP contribution in [0.25, 0.3) is 0 Å². The predicted octanol–water partition coefficient (Wildman–Crippen LogP) is 2.45. The molecule has 2 aromatic rings. The minimum atomic E-state index is -3.67. The molecule has 4 nitrogen and oxygen atoms in total. The van der Waals surface area contributed by atoms with Crippen molar-refractivity contribution in [2.75, 3.05) is 0 Å². The second-order valence-corrected chi connectivity index (χ2v) is 6.55. The second-order valence-electron chi connectivity index (χ2n) is 4.38. The zero-order valence-corrected chi connectivity index (χ0v) is 12.5. The Morgan fingerprint density at radius 2 is 1.71 bits per heavy atom. The number of hydrogen-bond donors (Lipinski definition) is 2. The topological polar surface area (TPSA) is 66.4 Å². The maximum absolute atomic E-state index is 13.0. The Morgan fingerprint density at radius 3 is 2.29 bits per heavy atom. The van der Waals surface area contributed by atoms with E-state index in [4.69, 9.17) is 16.7 Å². The first-order valence-electron chi connectivity index (χ1n) is 6.06. The fourth-order valence-electron chi connectivity index (χ4n) is 1.69. The zero-order valence-electron chi connectivity index (χ0n) is 10.9. The minimum absolute atomic E-state index is 0.00405. The van der Waals surface area contributed by atoms with Crippen molar-refractivity contribution in [2.45, 2.75) is 18.0 Å². The van der Waals surface area contributed by atoms with E-state index in [1.807, 2.05) is 0 Å². The molecule has 2 aromatic carbocycles. The van der Waals surface area contributed by atoms with Gasteiger partial charge < -0.3 is 5.11 Å². The molecule has 0 aliphatic carbocycles. The normalized spacial score (nSPS) is 11.6. The van der Waals surface area contributed by atoms with Crippen LogP contribution in [-0.4, -0.2) is 13.5 Å². The highest BCUT2D eigenvalue weighted by Crippen LogP contribution is 2.17. The lowest BCUT2D eigenvalue weighted by atomic mass is 10.2. The molecule has 2 rings (SSSR count). The summed E-state index contributed by atoms with van der Waals surface area (Å²) < 4.78 is 39.6. The van der Waals surface area contributed by atoms with Crippen LogP contribution >= 0.6 is 11.6 Å². The lowest BCUT2D eigenvalue weighted by molar-refractivity contribution is 0.282. The summed E-state index contributed by atoms with van der Waals surface area (Å²) in [6.07, 6.45) is 0. The number of benzene rings is 2. The maximum atomic E-state index is 13.0. The van der Waals surface area contributed by atoms with Crippen LogP contribution < -0.4 is 4.72 Å². The summed E-state index contributed by atoms with van der Waals surface area (Å²) in [4.78, 5) is 0.0907. The molecule has 0 amide bonds. The lowest BCUT2D eigenvalue weighted by Crippen LogP contribution is -2.23. The van der Waals surface area contributed by atoms with Gasteiger partial charge in [0.25, 0.3) is 0 Å². The number of aliphatic hydroxyl groups is 1. The summed E-state index contributed by atoms with van der Waals surface area (Å²) in [5.74, 6) is -0.553. The van der Waals surface area contributed by atoms with Gasteiger partial charge in [0.1, 0.15) is 5.82 Å². The largest absolute Gasteiger partial charge is 0.392 e. The number of rotatable bonds is 5. The summed E-state index contributed by atoms with van der Waals surface area (Å²) >= 11 is 5.64. The molecule has 0 bridgehead atoms. The van der Waals surface area contributed by atoms with Gasteiger partial charge in [-0.2, -0.15) is 0 Å². The number of nitrogens with one attached hydrogen (secondary N) is 1. The van der Waals surface area contributed by atoms with E-state index in [2.05, 4.69) is 4.72 Å². The number of hydrogen-bond acceptors (Lipinski definition) is 3. The quantitative estimate of drug-likeness (QED) is 0.885. The lowest BCUT2D eigenvalue weighted by Gasteiger charge is -2.08. The van der Waals surface area contributed by atoms with Gasteiger partial charge in [0.15, 0.2) is 0 Å². The second kappa shape index (κ2) is 6.53. The van der Waals surface area contributed by atoms with Crippen molar-refractivity contribution < 1.29 is 17.9 Å². The molecule has 112 valence electrons. The maximum Gasteiger partial charge on any atom is 0.240 e. The third-order valence-electron chi connectivity index (χ3n) is 2.87. The van der Waals surface area contributed by atoms with E-state index < -0.39 is 15.8 Å². The van der Waals surface area contributed by atoms with Crippen LogP contribution in [0.1, 0.15) is 11.1 Å². The van der Waals surface area contributed by atoms with Crippen LogP contribution in [0, 0.1) is 5.82 Å². The Morgan fingerprint density at radius 1 is 1.10 bits per heavy atom. The minimum Gasteiger partial charge on any atom is -0.392 e. The average Bonchev–Trinajstić information content (AvgIpc) is 2.48. The first-order chi connectivity index (χ1) is 9.92. The van der Waals surface area contributed by atoms with Crippen molar-refractivity contribution >= 4 is 21.6 Å². The van der Waals surface area contributed by atoms with Crippen molar-refractivity contribution in [3.05, 3.63) is 64.4 Å². The summed E-state index contributed by atoms with van der Waals surface area (Å²) in [7, 11) is -3.67. The molecule has 7 heteroatoms. The number of sulfonamides is 1. The van der Waals surface area contributed by atoms with Gasteiger partial charge in [-0.15, -0.1) is 0 Å². The van der Waals surface area contributed by atoms with E-state index in [1.165, 1.54) is 42.5 Å². The first-order valence-corrected chi connectivity index (χ1v) is 7.92. The zero-order chi connectivity index (χ0) is 15.5. The van der Waals surface area contributed by atoms with E-state index >= 15 is 0 Å². The molecular formula is C14H13ClFNO3S. The van der Waals surface area contributed by atoms with Gasteiger partial charge in [0, 0.05) is 6.54 Å². The van der Waals surface area contributed by atoms with Crippen LogP contribution in [-0.2, 0) is 23.2 Å². The van der Waals surface area contributed by atoms with Crippen LogP contribution in [0.5, 0.6) is 0 Å². The van der Waals surface area contributed by atoms with E-state index in [9.17, 15) is 12.8 Å². The highest BCUT2D eigenvalue weighted by Gasteiger charge is 2.13.